The van der Waals surface area contributed by atoms with Gasteiger partial charge in [0.25, 0.3) is 0 Å². The van der Waals surface area contributed by atoms with Crippen LogP contribution in [-0.4, -0.2) is 20.0 Å². The number of rotatable bonds is 4. The number of benzene rings is 3. The van der Waals surface area contributed by atoms with Crippen LogP contribution in [0.4, 0.5) is 11.4 Å². The number of anilines is 2. The first-order valence-corrected chi connectivity index (χ1v) is 11.3. The second-order valence-electron chi connectivity index (χ2n) is 8.30. The fourth-order valence-corrected chi connectivity index (χ4v) is 5.09. The van der Waals surface area contributed by atoms with E-state index in [1.165, 1.54) is 0 Å². The molecule has 0 bridgehead atoms. The molecule has 3 aromatic rings. The van der Waals surface area contributed by atoms with E-state index in [9.17, 15) is 4.79 Å². The standard InChI is InChI=1S/C27H25ClN2O3/c1-32-24-12-11-16(15-25(24)33-2)27-26-22(29-20-9-5-6-10-21(20)30-27)13-17(14-23(26)31)18-7-3-4-8-19(18)28/h3-12,15,17,27,29-30H,13-14H2,1-2H3/t17-,27-/m1/s1. The number of fused-ring (bicyclic) bond motifs is 1. The van der Waals surface area contributed by atoms with Crippen molar-refractivity contribution in [1.82, 2.24) is 0 Å². The highest BCUT2D eigenvalue weighted by Gasteiger charge is 2.36. The highest BCUT2D eigenvalue weighted by atomic mass is 35.5. The fourth-order valence-electron chi connectivity index (χ4n) is 4.80. The highest BCUT2D eigenvalue weighted by Crippen LogP contribution is 2.46. The Morgan fingerprint density at radius 2 is 1.61 bits per heavy atom. The van der Waals surface area contributed by atoms with E-state index < -0.39 is 0 Å². The average Bonchev–Trinajstić information content (AvgIpc) is 3.00. The lowest BCUT2D eigenvalue weighted by atomic mass is 9.78. The van der Waals surface area contributed by atoms with Gasteiger partial charge < -0.3 is 20.1 Å². The van der Waals surface area contributed by atoms with Gasteiger partial charge in [-0.15, -0.1) is 0 Å². The first-order valence-electron chi connectivity index (χ1n) is 10.9. The molecular weight excluding hydrogens is 436 g/mol. The number of hydrogen-bond acceptors (Lipinski definition) is 5. The molecule has 5 rings (SSSR count). The second-order valence-corrected chi connectivity index (χ2v) is 8.71. The van der Waals surface area contributed by atoms with Crippen molar-refractivity contribution in [3.63, 3.8) is 0 Å². The van der Waals surface area contributed by atoms with Crippen molar-refractivity contribution in [2.45, 2.75) is 24.8 Å². The topological polar surface area (TPSA) is 59.6 Å². The van der Waals surface area contributed by atoms with Gasteiger partial charge in [-0.25, -0.2) is 0 Å². The summed E-state index contributed by atoms with van der Waals surface area (Å²) >= 11 is 6.49. The van der Waals surface area contributed by atoms with Gasteiger partial charge >= 0.3 is 0 Å². The van der Waals surface area contributed by atoms with E-state index in [2.05, 4.69) is 10.6 Å². The van der Waals surface area contributed by atoms with Crippen molar-refractivity contribution in [2.75, 3.05) is 24.9 Å². The molecule has 0 spiro atoms. The average molecular weight is 461 g/mol. The zero-order chi connectivity index (χ0) is 22.9. The maximum atomic E-state index is 13.7. The molecule has 0 unspecified atom stereocenters. The quantitative estimate of drug-likeness (QED) is 0.476. The molecule has 0 amide bonds. The van der Waals surface area contributed by atoms with Crippen LogP contribution in [0.3, 0.4) is 0 Å². The molecule has 168 valence electrons. The fraction of sp³-hybridized carbons (Fsp3) is 0.222. The van der Waals surface area contributed by atoms with Crippen LogP contribution in [0.15, 0.2) is 78.0 Å². The van der Waals surface area contributed by atoms with Crippen LogP contribution in [-0.2, 0) is 4.79 Å². The van der Waals surface area contributed by atoms with E-state index in [-0.39, 0.29) is 17.7 Å². The summed E-state index contributed by atoms with van der Waals surface area (Å²) in [6.07, 6.45) is 1.11. The second kappa shape index (κ2) is 8.83. The van der Waals surface area contributed by atoms with E-state index >= 15 is 0 Å². The molecule has 2 atom stereocenters. The van der Waals surface area contributed by atoms with Crippen LogP contribution >= 0.6 is 11.6 Å². The molecule has 0 radical (unpaired) electrons. The van der Waals surface area contributed by atoms with Crippen LogP contribution in [0, 0.1) is 0 Å². The molecule has 33 heavy (non-hydrogen) atoms. The number of carbonyl (C=O) groups is 1. The molecule has 0 fully saturated rings. The Kier molecular flexibility index (Phi) is 5.73. The van der Waals surface area contributed by atoms with Crippen LogP contribution in [0.2, 0.25) is 5.02 Å². The minimum atomic E-state index is -0.323. The van der Waals surface area contributed by atoms with Crippen LogP contribution in [0.5, 0.6) is 11.5 Å². The number of halogens is 1. The Labute approximate surface area is 198 Å². The van der Waals surface area contributed by atoms with Gasteiger partial charge in [-0.2, -0.15) is 0 Å². The lowest BCUT2D eigenvalue weighted by Crippen LogP contribution is -2.27. The number of allylic oxidation sites excluding steroid dienone is 1. The molecule has 0 saturated carbocycles. The summed E-state index contributed by atoms with van der Waals surface area (Å²) in [6.45, 7) is 0. The van der Waals surface area contributed by atoms with E-state index in [4.69, 9.17) is 21.1 Å². The molecular formula is C27H25ClN2O3. The van der Waals surface area contributed by atoms with Gasteiger partial charge in [0, 0.05) is 22.7 Å². The van der Waals surface area contributed by atoms with E-state index in [0.29, 0.717) is 29.4 Å². The van der Waals surface area contributed by atoms with Gasteiger partial charge in [-0.3, -0.25) is 4.79 Å². The van der Waals surface area contributed by atoms with Crippen molar-refractivity contribution in [3.05, 3.63) is 94.1 Å². The third-order valence-electron chi connectivity index (χ3n) is 6.39. The smallest absolute Gasteiger partial charge is 0.163 e. The molecule has 6 heteroatoms. The monoisotopic (exact) mass is 460 g/mol. The Bertz CT molecular complexity index is 1250. The lowest BCUT2D eigenvalue weighted by molar-refractivity contribution is -0.116. The summed E-state index contributed by atoms with van der Waals surface area (Å²) in [5.41, 5.74) is 5.50. The largest absolute Gasteiger partial charge is 0.493 e. The van der Waals surface area contributed by atoms with Crippen molar-refractivity contribution >= 4 is 28.8 Å². The third kappa shape index (κ3) is 3.93. The predicted octanol–water partition coefficient (Wildman–Crippen LogP) is 6.34. The van der Waals surface area contributed by atoms with Crippen molar-refractivity contribution in [3.8, 4) is 11.5 Å². The molecule has 0 saturated heterocycles. The van der Waals surface area contributed by atoms with Crippen LogP contribution < -0.4 is 20.1 Å². The highest BCUT2D eigenvalue weighted by molar-refractivity contribution is 6.31. The van der Waals surface area contributed by atoms with Gasteiger partial charge in [-0.05, 0) is 53.8 Å². The Hall–Kier alpha value is -3.44. The number of nitrogens with one attached hydrogen (secondary N) is 2. The third-order valence-corrected chi connectivity index (χ3v) is 6.74. The summed E-state index contributed by atoms with van der Waals surface area (Å²) < 4.78 is 10.9. The summed E-state index contributed by atoms with van der Waals surface area (Å²) in [5, 5.41) is 7.85. The Balaban J connectivity index is 1.63. The van der Waals surface area contributed by atoms with Crippen LogP contribution in [0.25, 0.3) is 0 Å². The Morgan fingerprint density at radius 3 is 2.36 bits per heavy atom. The minimum Gasteiger partial charge on any atom is -0.493 e. The SMILES string of the molecule is COc1ccc([C@H]2Nc3ccccc3NC3=C2C(=O)C[C@H](c2ccccc2Cl)C3)cc1OC. The molecule has 3 aromatic carbocycles. The van der Waals surface area contributed by atoms with Crippen molar-refractivity contribution < 1.29 is 14.3 Å². The predicted molar refractivity (Wildman–Crippen MR) is 131 cm³/mol. The molecule has 2 N–H and O–H groups in total. The van der Waals surface area contributed by atoms with Gasteiger partial charge in [0.15, 0.2) is 17.3 Å². The van der Waals surface area contributed by atoms with Crippen LogP contribution in [0.1, 0.15) is 35.9 Å². The minimum absolute atomic E-state index is 0.0220. The normalized spacial score (nSPS) is 19.5. The van der Waals surface area contributed by atoms with Crippen molar-refractivity contribution in [1.29, 1.82) is 0 Å². The molecule has 0 aromatic heterocycles. The number of carbonyl (C=O) groups excluding carboxylic acids is 1. The molecule has 2 aliphatic rings. The number of ketones is 1. The van der Waals surface area contributed by atoms with Gasteiger partial charge in [0.2, 0.25) is 0 Å². The summed E-state index contributed by atoms with van der Waals surface area (Å²) in [6, 6.07) is 21.3. The summed E-state index contributed by atoms with van der Waals surface area (Å²) in [5.74, 6) is 1.40. The van der Waals surface area contributed by atoms with E-state index in [1.54, 1.807) is 14.2 Å². The van der Waals surface area contributed by atoms with Crippen molar-refractivity contribution in [2.24, 2.45) is 0 Å². The van der Waals surface area contributed by atoms with Gasteiger partial charge in [0.05, 0.1) is 31.6 Å². The molecule has 1 aliphatic carbocycles. The number of hydrogen-bond donors (Lipinski definition) is 2. The zero-order valence-corrected chi connectivity index (χ0v) is 19.3. The van der Waals surface area contributed by atoms with Gasteiger partial charge in [0.1, 0.15) is 0 Å². The first-order chi connectivity index (χ1) is 16.1. The maximum Gasteiger partial charge on any atom is 0.163 e. The molecule has 1 heterocycles. The molecule has 1 aliphatic heterocycles. The number of methoxy groups -OCH3 is 2. The zero-order valence-electron chi connectivity index (χ0n) is 18.5. The number of para-hydroxylation sites is 2. The van der Waals surface area contributed by atoms with E-state index in [1.807, 2.05) is 66.7 Å². The first kappa shape index (κ1) is 21.4. The number of Topliss-reactive ketones (excluding diaryl/α,β-unsaturated/α-hetero) is 1. The van der Waals surface area contributed by atoms with Gasteiger partial charge in [-0.1, -0.05) is 48.0 Å². The lowest BCUT2D eigenvalue weighted by Gasteiger charge is -2.30. The summed E-state index contributed by atoms with van der Waals surface area (Å²) in [4.78, 5) is 13.7. The number of ether oxygens (including phenoxy) is 2. The maximum absolute atomic E-state index is 13.7. The van der Waals surface area contributed by atoms with E-state index in [0.717, 1.165) is 33.8 Å². The Morgan fingerprint density at radius 1 is 0.879 bits per heavy atom. The molecule has 5 nitrogen and oxygen atoms in total. The summed E-state index contributed by atoms with van der Waals surface area (Å²) in [7, 11) is 3.23.